The lowest BCUT2D eigenvalue weighted by molar-refractivity contribution is 0.0174. The number of carbonyl (C=O) groups is 1. The van der Waals surface area contributed by atoms with Gasteiger partial charge in [-0.2, -0.15) is 0 Å². The largest absolute Gasteiger partial charge is 0.478 e. The molecule has 1 saturated carbocycles. The predicted octanol–water partition coefficient (Wildman–Crippen LogP) is 3.54. The molecule has 1 aliphatic heterocycles. The Hall–Kier alpha value is -1.83. The van der Waals surface area contributed by atoms with Crippen molar-refractivity contribution in [2.45, 2.75) is 57.0 Å². The van der Waals surface area contributed by atoms with Gasteiger partial charge < -0.3 is 14.4 Å². The zero-order valence-corrected chi connectivity index (χ0v) is 18.6. The standard InChI is InChI=1S/C21H32N2O5S/c1-21(2,3)28-20(24)23-10-7-15(8-11-23)18-13-16(18)9-12-27-19-6-5-17(14-22-19)29(4,25)26/h5-6,14-16,18H,7-13H2,1-4H3/t16-,18+/m0/s1. The summed E-state index contributed by atoms with van der Waals surface area (Å²) in [4.78, 5) is 18.3. The van der Waals surface area contributed by atoms with Crippen LogP contribution in [0.15, 0.2) is 23.2 Å². The summed E-state index contributed by atoms with van der Waals surface area (Å²) in [5.41, 5.74) is -0.449. The smallest absolute Gasteiger partial charge is 0.410 e. The first-order chi connectivity index (χ1) is 13.5. The minimum atomic E-state index is -3.23. The average Bonchev–Trinajstić information content (AvgIpc) is 3.40. The molecule has 0 N–H and O–H groups in total. The van der Waals surface area contributed by atoms with Gasteiger partial charge in [0.05, 0.1) is 11.5 Å². The second kappa shape index (κ2) is 8.50. The van der Waals surface area contributed by atoms with Crippen LogP contribution in [-0.4, -0.2) is 55.9 Å². The highest BCUT2D eigenvalue weighted by molar-refractivity contribution is 7.90. The first kappa shape index (κ1) is 21.9. The van der Waals surface area contributed by atoms with Crippen LogP contribution in [0.4, 0.5) is 4.79 Å². The van der Waals surface area contributed by atoms with Crippen molar-refractivity contribution in [2.75, 3.05) is 26.0 Å². The fourth-order valence-corrected chi connectivity index (χ4v) is 4.56. The fourth-order valence-electron chi connectivity index (χ4n) is 4.00. The van der Waals surface area contributed by atoms with Crippen molar-refractivity contribution in [3.05, 3.63) is 18.3 Å². The number of aromatic nitrogens is 1. The molecule has 0 aromatic carbocycles. The average molecular weight is 425 g/mol. The first-order valence-corrected chi connectivity index (χ1v) is 12.2. The summed E-state index contributed by atoms with van der Waals surface area (Å²) in [6.07, 6.45) is 6.57. The number of ether oxygens (including phenoxy) is 2. The number of likely N-dealkylation sites (tertiary alicyclic amines) is 1. The molecule has 2 heterocycles. The van der Waals surface area contributed by atoms with E-state index in [1.807, 2.05) is 25.7 Å². The summed E-state index contributed by atoms with van der Waals surface area (Å²) in [6.45, 7) is 7.81. The van der Waals surface area contributed by atoms with E-state index >= 15 is 0 Å². The summed E-state index contributed by atoms with van der Waals surface area (Å²) in [5, 5.41) is 0. The Morgan fingerprint density at radius 2 is 1.93 bits per heavy atom. The zero-order chi connectivity index (χ0) is 21.2. The Labute approximate surface area is 173 Å². The molecule has 0 spiro atoms. The number of pyridine rings is 1. The molecule has 8 heteroatoms. The van der Waals surface area contributed by atoms with E-state index in [-0.39, 0.29) is 11.0 Å². The molecule has 2 aliphatic rings. The molecule has 1 aromatic rings. The second-order valence-electron chi connectivity index (χ2n) is 9.21. The van der Waals surface area contributed by atoms with E-state index in [2.05, 4.69) is 4.98 Å². The molecule has 1 aromatic heterocycles. The van der Waals surface area contributed by atoms with Gasteiger partial charge in [-0.15, -0.1) is 0 Å². The predicted molar refractivity (Wildman–Crippen MR) is 110 cm³/mol. The van der Waals surface area contributed by atoms with E-state index in [0.29, 0.717) is 24.3 Å². The van der Waals surface area contributed by atoms with Crippen LogP contribution in [-0.2, 0) is 14.6 Å². The molecular weight excluding hydrogens is 392 g/mol. The topological polar surface area (TPSA) is 85.8 Å². The number of hydrogen-bond donors (Lipinski definition) is 0. The molecule has 2 atom stereocenters. The van der Waals surface area contributed by atoms with Crippen molar-refractivity contribution in [2.24, 2.45) is 17.8 Å². The third-order valence-corrected chi connectivity index (χ3v) is 6.75. The van der Waals surface area contributed by atoms with Crippen LogP contribution < -0.4 is 4.74 Å². The van der Waals surface area contributed by atoms with E-state index in [4.69, 9.17) is 9.47 Å². The maximum atomic E-state index is 12.2. The highest BCUT2D eigenvalue weighted by Gasteiger charge is 2.43. The van der Waals surface area contributed by atoms with Crippen LogP contribution in [0, 0.1) is 17.8 Å². The Morgan fingerprint density at radius 3 is 2.48 bits per heavy atom. The van der Waals surface area contributed by atoms with Gasteiger partial charge in [-0.25, -0.2) is 18.2 Å². The highest BCUT2D eigenvalue weighted by Crippen LogP contribution is 2.49. The van der Waals surface area contributed by atoms with Gasteiger partial charge in [0.15, 0.2) is 9.84 Å². The van der Waals surface area contributed by atoms with Gasteiger partial charge in [-0.3, -0.25) is 0 Å². The summed E-state index contributed by atoms with van der Waals surface area (Å²) in [7, 11) is -3.23. The van der Waals surface area contributed by atoms with E-state index < -0.39 is 15.4 Å². The Balaban J connectivity index is 1.35. The van der Waals surface area contributed by atoms with Crippen molar-refractivity contribution in [3.63, 3.8) is 0 Å². The molecule has 1 saturated heterocycles. The highest BCUT2D eigenvalue weighted by atomic mass is 32.2. The molecule has 2 fully saturated rings. The maximum absolute atomic E-state index is 12.2. The van der Waals surface area contributed by atoms with Gasteiger partial charge in [-0.05, 0) is 70.3 Å². The van der Waals surface area contributed by atoms with E-state index in [1.165, 1.54) is 18.7 Å². The van der Waals surface area contributed by atoms with Gasteiger partial charge in [0, 0.05) is 31.6 Å². The molecule has 1 aliphatic carbocycles. The molecule has 0 bridgehead atoms. The van der Waals surface area contributed by atoms with Crippen molar-refractivity contribution >= 4 is 15.9 Å². The number of hydrogen-bond acceptors (Lipinski definition) is 6. The fraction of sp³-hybridized carbons (Fsp3) is 0.714. The molecule has 29 heavy (non-hydrogen) atoms. The van der Waals surface area contributed by atoms with Crippen LogP contribution >= 0.6 is 0 Å². The molecular formula is C21H32N2O5S. The van der Waals surface area contributed by atoms with Crippen LogP contribution in [0.1, 0.15) is 46.5 Å². The minimum absolute atomic E-state index is 0.199. The van der Waals surface area contributed by atoms with Crippen molar-refractivity contribution < 1.29 is 22.7 Å². The van der Waals surface area contributed by atoms with Gasteiger partial charge in [0.2, 0.25) is 5.88 Å². The third-order valence-electron chi connectivity index (χ3n) is 5.65. The molecule has 0 unspecified atom stereocenters. The summed E-state index contributed by atoms with van der Waals surface area (Å²) in [6, 6.07) is 3.13. The third kappa shape index (κ3) is 6.32. The molecule has 3 rings (SSSR count). The molecule has 1 amide bonds. The van der Waals surface area contributed by atoms with Gasteiger partial charge in [-0.1, -0.05) is 0 Å². The summed E-state index contributed by atoms with van der Waals surface area (Å²) < 4.78 is 34.0. The van der Waals surface area contributed by atoms with Crippen LogP contribution in [0.25, 0.3) is 0 Å². The van der Waals surface area contributed by atoms with Crippen LogP contribution in [0.3, 0.4) is 0 Å². The SMILES string of the molecule is CC(C)(C)OC(=O)N1CCC([C@H]2C[C@@H]2CCOc2ccc(S(C)(=O)=O)cn2)CC1. The van der Waals surface area contributed by atoms with E-state index in [0.717, 1.165) is 44.5 Å². The van der Waals surface area contributed by atoms with Crippen molar-refractivity contribution in [3.8, 4) is 5.88 Å². The van der Waals surface area contributed by atoms with Crippen LogP contribution in [0.5, 0.6) is 5.88 Å². The van der Waals surface area contributed by atoms with E-state index in [1.54, 1.807) is 6.07 Å². The summed E-state index contributed by atoms with van der Waals surface area (Å²) >= 11 is 0. The Bertz CT molecular complexity index is 808. The van der Waals surface area contributed by atoms with Gasteiger partial charge in [0.1, 0.15) is 5.60 Å². The number of carbonyl (C=O) groups excluding carboxylic acids is 1. The van der Waals surface area contributed by atoms with E-state index in [9.17, 15) is 13.2 Å². The first-order valence-electron chi connectivity index (χ1n) is 10.3. The number of amides is 1. The van der Waals surface area contributed by atoms with Crippen LogP contribution in [0.2, 0.25) is 0 Å². The molecule has 162 valence electrons. The monoisotopic (exact) mass is 424 g/mol. The number of piperidine rings is 1. The minimum Gasteiger partial charge on any atom is -0.478 e. The van der Waals surface area contributed by atoms with Gasteiger partial charge >= 0.3 is 6.09 Å². The lowest BCUT2D eigenvalue weighted by Gasteiger charge is -2.33. The quantitative estimate of drug-likeness (QED) is 0.694. The Morgan fingerprint density at radius 1 is 1.24 bits per heavy atom. The summed E-state index contributed by atoms with van der Waals surface area (Å²) in [5.74, 6) is 2.52. The number of nitrogens with zero attached hydrogens (tertiary/aromatic N) is 2. The number of rotatable bonds is 6. The van der Waals surface area contributed by atoms with Crippen molar-refractivity contribution in [1.29, 1.82) is 0 Å². The van der Waals surface area contributed by atoms with Crippen molar-refractivity contribution in [1.82, 2.24) is 9.88 Å². The number of sulfone groups is 1. The molecule has 0 radical (unpaired) electrons. The second-order valence-corrected chi connectivity index (χ2v) is 11.2. The normalized spacial score (nSPS) is 23.0. The lowest BCUT2D eigenvalue weighted by atomic mass is 9.90. The Kier molecular flexibility index (Phi) is 6.41. The van der Waals surface area contributed by atoms with Gasteiger partial charge in [0.25, 0.3) is 0 Å². The molecule has 7 nitrogen and oxygen atoms in total. The zero-order valence-electron chi connectivity index (χ0n) is 17.8. The lowest BCUT2D eigenvalue weighted by Crippen LogP contribution is -2.42. The maximum Gasteiger partial charge on any atom is 0.410 e.